The minimum Gasteiger partial charge on any atom is -0.478 e. The Morgan fingerprint density at radius 1 is 1.64 bits per heavy atom. The van der Waals surface area contributed by atoms with Crippen molar-refractivity contribution in [2.24, 2.45) is 0 Å². The first-order valence-electron chi connectivity index (χ1n) is 4.39. The molecule has 0 saturated carbocycles. The Balaban J connectivity index is 3.52. The molecule has 5 heteroatoms. The van der Waals surface area contributed by atoms with Crippen LogP contribution in [0.2, 0.25) is 0 Å². The third-order valence-corrected chi connectivity index (χ3v) is 3.30. The van der Waals surface area contributed by atoms with Gasteiger partial charge in [-0.3, -0.25) is 4.21 Å². The Morgan fingerprint density at radius 2 is 2.21 bits per heavy atom. The third-order valence-electron chi connectivity index (χ3n) is 1.94. The lowest BCUT2D eigenvalue weighted by Gasteiger charge is -2.08. The first kappa shape index (κ1) is 13.3. The van der Waals surface area contributed by atoms with Crippen LogP contribution < -0.4 is 5.32 Å². The molecule has 0 aliphatic heterocycles. The van der Waals surface area contributed by atoms with Gasteiger partial charge in [0, 0.05) is 34.4 Å². The Bertz CT molecular complexity index is 240. The predicted molar refractivity (Wildman–Crippen MR) is 57.8 cm³/mol. The number of hydrogen-bond donors (Lipinski definition) is 2. The highest BCUT2D eigenvalue weighted by molar-refractivity contribution is 7.84. The average molecular weight is 219 g/mol. The molecule has 0 aliphatic carbocycles. The third kappa shape index (κ3) is 5.88. The van der Waals surface area contributed by atoms with Crippen molar-refractivity contribution >= 4 is 16.8 Å². The van der Waals surface area contributed by atoms with E-state index in [0.717, 1.165) is 6.42 Å². The van der Waals surface area contributed by atoms with E-state index in [1.165, 1.54) is 0 Å². The van der Waals surface area contributed by atoms with E-state index in [0.29, 0.717) is 6.54 Å². The maximum atomic E-state index is 11.0. The van der Waals surface area contributed by atoms with Gasteiger partial charge in [0.1, 0.15) is 0 Å². The van der Waals surface area contributed by atoms with Crippen molar-refractivity contribution in [2.75, 3.05) is 19.3 Å². The van der Waals surface area contributed by atoms with E-state index in [4.69, 9.17) is 5.11 Å². The maximum absolute atomic E-state index is 11.0. The number of hydrogen-bond acceptors (Lipinski definition) is 3. The molecule has 0 aromatic carbocycles. The summed E-state index contributed by atoms with van der Waals surface area (Å²) in [4.78, 5) is 10.3. The topological polar surface area (TPSA) is 66.4 Å². The van der Waals surface area contributed by atoms with E-state index >= 15 is 0 Å². The second-order valence-corrected chi connectivity index (χ2v) is 4.99. The zero-order valence-corrected chi connectivity index (χ0v) is 9.39. The molecular formula is C9H17NO3S. The Morgan fingerprint density at radius 3 is 2.64 bits per heavy atom. The van der Waals surface area contributed by atoms with Crippen LogP contribution in [0.15, 0.2) is 12.2 Å². The summed E-state index contributed by atoms with van der Waals surface area (Å²) in [5, 5.41) is 11.6. The largest absolute Gasteiger partial charge is 0.478 e. The van der Waals surface area contributed by atoms with Crippen molar-refractivity contribution < 1.29 is 14.1 Å². The van der Waals surface area contributed by atoms with Gasteiger partial charge in [0.15, 0.2) is 0 Å². The standard InChI is InChI=1S/C9H17NO3S/c1-7(9(11)12)6-10-5-4-8(2)14(3)13/h8,10H,1,4-6H2,2-3H3,(H,11,12). The summed E-state index contributed by atoms with van der Waals surface area (Å²) in [6, 6.07) is 0. The SMILES string of the molecule is C=C(CNCCC(C)S(C)=O)C(=O)O. The van der Waals surface area contributed by atoms with E-state index in [9.17, 15) is 9.00 Å². The molecule has 82 valence electrons. The fraction of sp³-hybridized carbons (Fsp3) is 0.667. The van der Waals surface area contributed by atoms with Crippen molar-refractivity contribution in [3.8, 4) is 0 Å². The fourth-order valence-electron chi connectivity index (χ4n) is 0.786. The van der Waals surface area contributed by atoms with Crippen molar-refractivity contribution in [1.82, 2.24) is 5.32 Å². The van der Waals surface area contributed by atoms with Crippen molar-refractivity contribution in [1.29, 1.82) is 0 Å². The zero-order chi connectivity index (χ0) is 11.1. The lowest BCUT2D eigenvalue weighted by Crippen LogP contribution is -2.24. The normalized spacial score (nSPS) is 14.7. The molecule has 0 bridgehead atoms. The summed E-state index contributed by atoms with van der Waals surface area (Å²) in [7, 11) is -0.812. The molecule has 0 heterocycles. The van der Waals surface area contributed by atoms with E-state index in [-0.39, 0.29) is 17.4 Å². The molecule has 0 amide bonds. The number of carboxylic acid groups (broad SMARTS) is 1. The number of aliphatic carboxylic acids is 1. The van der Waals surface area contributed by atoms with Gasteiger partial charge in [-0.2, -0.15) is 0 Å². The van der Waals surface area contributed by atoms with Gasteiger partial charge in [0.2, 0.25) is 0 Å². The Kier molecular flexibility index (Phi) is 6.40. The van der Waals surface area contributed by atoms with Crippen LogP contribution in [0.25, 0.3) is 0 Å². The Labute approximate surface area is 86.8 Å². The first-order valence-corrected chi connectivity index (χ1v) is 6.01. The molecule has 4 nitrogen and oxygen atoms in total. The predicted octanol–water partition coefficient (Wildman–Crippen LogP) is 0.374. The van der Waals surface area contributed by atoms with Crippen LogP contribution >= 0.6 is 0 Å². The summed E-state index contributed by atoms with van der Waals surface area (Å²) in [6.45, 7) is 6.23. The van der Waals surface area contributed by atoms with Crippen LogP contribution in [-0.4, -0.2) is 39.9 Å². The second kappa shape index (κ2) is 6.73. The van der Waals surface area contributed by atoms with Gasteiger partial charge >= 0.3 is 5.97 Å². The molecule has 0 saturated heterocycles. The van der Waals surface area contributed by atoms with Gasteiger partial charge in [-0.05, 0) is 13.0 Å². The fourth-order valence-corrected chi connectivity index (χ4v) is 1.24. The lowest BCUT2D eigenvalue weighted by atomic mass is 10.3. The van der Waals surface area contributed by atoms with Gasteiger partial charge in [-0.15, -0.1) is 0 Å². The molecule has 2 atom stereocenters. The van der Waals surface area contributed by atoms with Gasteiger partial charge in [-0.1, -0.05) is 13.5 Å². The molecule has 0 aromatic rings. The molecule has 14 heavy (non-hydrogen) atoms. The molecule has 0 fully saturated rings. The van der Waals surface area contributed by atoms with Crippen molar-refractivity contribution in [3.05, 3.63) is 12.2 Å². The summed E-state index contributed by atoms with van der Waals surface area (Å²) in [6.07, 6.45) is 2.44. The van der Waals surface area contributed by atoms with E-state index in [2.05, 4.69) is 11.9 Å². The number of carbonyl (C=O) groups is 1. The summed E-state index contributed by atoms with van der Waals surface area (Å²) >= 11 is 0. The molecule has 0 aromatic heterocycles. The number of rotatable bonds is 7. The monoisotopic (exact) mass is 219 g/mol. The zero-order valence-electron chi connectivity index (χ0n) is 8.58. The summed E-state index contributed by atoms with van der Waals surface area (Å²) in [5.41, 5.74) is 0.148. The molecule has 0 spiro atoms. The van der Waals surface area contributed by atoms with Crippen molar-refractivity contribution in [2.45, 2.75) is 18.6 Å². The number of nitrogens with one attached hydrogen (secondary N) is 1. The molecule has 2 unspecified atom stereocenters. The van der Waals surface area contributed by atoms with Crippen LogP contribution in [0, 0.1) is 0 Å². The smallest absolute Gasteiger partial charge is 0.332 e. The maximum Gasteiger partial charge on any atom is 0.332 e. The van der Waals surface area contributed by atoms with Gasteiger partial charge < -0.3 is 10.4 Å². The van der Waals surface area contributed by atoms with E-state index < -0.39 is 16.8 Å². The van der Waals surface area contributed by atoms with Gasteiger partial charge in [0.25, 0.3) is 0 Å². The van der Waals surface area contributed by atoms with Crippen LogP contribution in [-0.2, 0) is 15.6 Å². The van der Waals surface area contributed by atoms with Crippen LogP contribution in [0.4, 0.5) is 0 Å². The van der Waals surface area contributed by atoms with Gasteiger partial charge in [-0.25, -0.2) is 4.79 Å². The second-order valence-electron chi connectivity index (χ2n) is 3.18. The molecule has 0 rings (SSSR count). The first-order chi connectivity index (χ1) is 6.45. The average Bonchev–Trinajstić information content (AvgIpc) is 2.11. The van der Waals surface area contributed by atoms with E-state index in [1.807, 2.05) is 6.92 Å². The number of carboxylic acids is 1. The molecule has 2 N–H and O–H groups in total. The molecule has 0 aliphatic rings. The lowest BCUT2D eigenvalue weighted by molar-refractivity contribution is -0.132. The Hall–Kier alpha value is -0.680. The van der Waals surface area contributed by atoms with Gasteiger partial charge in [0.05, 0.1) is 0 Å². The highest BCUT2D eigenvalue weighted by atomic mass is 32.2. The minimum atomic E-state index is -0.982. The highest BCUT2D eigenvalue weighted by Gasteiger charge is 2.06. The van der Waals surface area contributed by atoms with Crippen LogP contribution in [0.1, 0.15) is 13.3 Å². The van der Waals surface area contributed by atoms with Crippen LogP contribution in [0.5, 0.6) is 0 Å². The highest BCUT2D eigenvalue weighted by Crippen LogP contribution is 1.97. The summed E-state index contributed by atoms with van der Waals surface area (Å²) in [5.74, 6) is -0.982. The van der Waals surface area contributed by atoms with Crippen LogP contribution in [0.3, 0.4) is 0 Å². The van der Waals surface area contributed by atoms with E-state index in [1.54, 1.807) is 6.26 Å². The quantitative estimate of drug-likeness (QED) is 0.480. The van der Waals surface area contributed by atoms with Crippen molar-refractivity contribution in [3.63, 3.8) is 0 Å². The molecular weight excluding hydrogens is 202 g/mol. The molecule has 0 radical (unpaired) electrons. The minimum absolute atomic E-state index is 0.139. The summed E-state index contributed by atoms with van der Waals surface area (Å²) < 4.78 is 11.0.